The summed E-state index contributed by atoms with van der Waals surface area (Å²) in [7, 11) is 0. The summed E-state index contributed by atoms with van der Waals surface area (Å²) >= 11 is 0. The van der Waals surface area contributed by atoms with Crippen molar-refractivity contribution in [1.29, 1.82) is 0 Å². The van der Waals surface area contributed by atoms with Crippen molar-refractivity contribution in [3.8, 4) is 0 Å². The summed E-state index contributed by atoms with van der Waals surface area (Å²) < 4.78 is 0. The van der Waals surface area contributed by atoms with Crippen LogP contribution in [-0.2, 0) is 17.1 Å². The molecule has 5 aliphatic rings. The molecule has 176 valence electrons. The van der Waals surface area contributed by atoms with Crippen molar-refractivity contribution in [1.82, 2.24) is 0 Å². The van der Waals surface area contributed by atoms with Gasteiger partial charge in [0.25, 0.3) is 0 Å². The van der Waals surface area contributed by atoms with Gasteiger partial charge in [0.15, 0.2) is 0 Å². The van der Waals surface area contributed by atoms with E-state index in [1.165, 1.54) is 0 Å². The third-order valence-electron chi connectivity index (χ3n) is 5.03. The second-order valence-corrected chi connectivity index (χ2v) is 7.68. The zero-order chi connectivity index (χ0) is 23.0. The first kappa shape index (κ1) is 24.0. The van der Waals surface area contributed by atoms with E-state index in [4.69, 9.17) is 0 Å². The van der Waals surface area contributed by atoms with Crippen LogP contribution in [-0.4, -0.2) is 22.8 Å². The summed E-state index contributed by atoms with van der Waals surface area (Å²) in [5.74, 6) is 0. The number of hydrogen-bond acceptors (Lipinski definition) is 4. The van der Waals surface area contributed by atoms with Crippen molar-refractivity contribution in [2.24, 2.45) is 20.0 Å². The average Bonchev–Trinajstić information content (AvgIpc) is 3.65. The molecule has 0 spiro atoms. The number of rotatable bonds is 0. The summed E-state index contributed by atoms with van der Waals surface area (Å²) in [6.45, 7) is 0. The molecule has 35 heavy (non-hydrogen) atoms. The molecule has 0 fully saturated rings. The zero-order valence-corrected chi connectivity index (χ0v) is 19.9. The van der Waals surface area contributed by atoms with E-state index < -0.39 is 0 Å². The maximum absolute atomic E-state index is 4.59. The molecule has 2 aromatic carbocycles. The average molecular weight is 494 g/mol. The normalized spacial score (nSPS) is 17.8. The predicted octanol–water partition coefficient (Wildman–Crippen LogP) is 6.39. The van der Waals surface area contributed by atoms with Crippen LogP contribution in [0.25, 0.3) is 0 Å². The Morgan fingerprint density at radius 2 is 0.686 bits per heavy atom. The quantitative estimate of drug-likeness (QED) is 0.301. The van der Waals surface area contributed by atoms with Gasteiger partial charge < -0.3 is 30.3 Å². The third-order valence-corrected chi connectivity index (χ3v) is 5.03. The molecule has 0 aromatic heterocycles. The first-order valence-electron chi connectivity index (χ1n) is 11.1. The van der Waals surface area contributed by atoms with Gasteiger partial charge in [-0.3, -0.25) is 0 Å². The molecule has 7 rings (SSSR count). The number of nitrogens with zero attached hydrogens (tertiary/aromatic N) is 4. The van der Waals surface area contributed by atoms with E-state index in [0.29, 0.717) is 0 Å². The van der Waals surface area contributed by atoms with E-state index in [9.17, 15) is 0 Å². The molecule has 0 amide bonds. The Morgan fingerprint density at radius 1 is 0.400 bits per heavy atom. The van der Waals surface area contributed by atoms with Gasteiger partial charge in [0.1, 0.15) is 0 Å². The maximum atomic E-state index is 4.59. The van der Waals surface area contributed by atoms with Crippen molar-refractivity contribution in [3.63, 3.8) is 0 Å². The van der Waals surface area contributed by atoms with Gasteiger partial charge in [0, 0.05) is 17.1 Å². The molecule has 5 heterocycles. The Kier molecular flexibility index (Phi) is 8.08. The van der Waals surface area contributed by atoms with E-state index >= 15 is 0 Å². The first-order chi connectivity index (χ1) is 16.8. The Labute approximate surface area is 215 Å². The minimum absolute atomic E-state index is 0. The zero-order valence-electron chi connectivity index (χ0n) is 18.8. The molecule has 8 bridgehead atoms. The summed E-state index contributed by atoms with van der Waals surface area (Å²) in [6.07, 6.45) is 23.8. The predicted molar refractivity (Wildman–Crippen MR) is 143 cm³/mol. The molecular formula is C30H22FeN4-6. The third kappa shape index (κ3) is 6.90. The Bertz CT molecular complexity index is 1160. The van der Waals surface area contributed by atoms with Crippen LogP contribution in [0.3, 0.4) is 0 Å². The fourth-order valence-electron chi connectivity index (χ4n) is 3.47. The minimum Gasteiger partial charge on any atom is -0.748 e. The Morgan fingerprint density at radius 3 is 0.914 bits per heavy atom. The van der Waals surface area contributed by atoms with Crippen LogP contribution in [0.5, 0.6) is 0 Å². The smallest absolute Gasteiger partial charge is 0.0659 e. The van der Waals surface area contributed by atoms with Crippen molar-refractivity contribution >= 4 is 22.8 Å². The standard InChI is InChI=1S/C20H12N4.2C5H5.Fe/c1-2-14-10-16-5-6-18(23-16)12-20-8-7-19(24-20)11-17-4-3-15(22-17)9-13(1)21-14;2*1-2-4-5-3-1;/h1-12H;2*1-5H;/q;-5;-1;. The molecule has 0 radical (unpaired) electrons. The molecule has 4 nitrogen and oxygen atoms in total. The van der Waals surface area contributed by atoms with Gasteiger partial charge in [-0.15, -0.1) is 0 Å². The molecule has 5 aliphatic heterocycles. The molecule has 0 saturated heterocycles. The van der Waals surface area contributed by atoms with E-state index in [2.05, 4.69) is 20.0 Å². The van der Waals surface area contributed by atoms with Crippen LogP contribution < -0.4 is 0 Å². The Balaban J connectivity index is 0.000000219. The van der Waals surface area contributed by atoms with Crippen LogP contribution >= 0.6 is 0 Å². The first-order valence-corrected chi connectivity index (χ1v) is 11.1. The Hall–Kier alpha value is -4.18. The van der Waals surface area contributed by atoms with Gasteiger partial charge in [-0.1, -0.05) is 0 Å². The van der Waals surface area contributed by atoms with Crippen LogP contribution in [0.4, 0.5) is 0 Å². The minimum atomic E-state index is 0. The fourth-order valence-corrected chi connectivity index (χ4v) is 3.47. The van der Waals surface area contributed by atoms with Crippen LogP contribution in [0.15, 0.2) is 176 Å². The van der Waals surface area contributed by atoms with Crippen LogP contribution in [0, 0.1) is 0 Å². The largest absolute Gasteiger partial charge is 0.748 e. The van der Waals surface area contributed by atoms with Crippen LogP contribution in [0.1, 0.15) is 0 Å². The number of hydrogen-bond donors (Lipinski definition) is 0. The van der Waals surface area contributed by atoms with E-state index in [1.807, 2.05) is 134 Å². The van der Waals surface area contributed by atoms with E-state index in [-0.39, 0.29) is 17.1 Å². The fraction of sp³-hybridized carbons (Fsp3) is 0. The molecule has 0 saturated carbocycles. The van der Waals surface area contributed by atoms with Crippen molar-refractivity contribution in [2.75, 3.05) is 0 Å². The van der Waals surface area contributed by atoms with Gasteiger partial charge in [0.05, 0.1) is 45.6 Å². The second-order valence-electron chi connectivity index (χ2n) is 7.68. The molecule has 0 unspecified atom stereocenters. The summed E-state index contributed by atoms with van der Waals surface area (Å²) in [5.41, 5.74) is 7.15. The molecule has 0 N–H and O–H groups in total. The number of fused-ring (bicyclic) bond motifs is 4. The van der Waals surface area contributed by atoms with Crippen LogP contribution in [0.2, 0.25) is 0 Å². The molecule has 0 aliphatic carbocycles. The second kappa shape index (κ2) is 11.8. The van der Waals surface area contributed by atoms with Gasteiger partial charge in [-0.2, -0.15) is 18.2 Å². The maximum Gasteiger partial charge on any atom is 0.0659 e. The molecule has 2 aromatic rings. The van der Waals surface area contributed by atoms with E-state index in [1.54, 1.807) is 0 Å². The topological polar surface area (TPSA) is 49.4 Å². The number of aliphatic imine (C=N–C) groups is 4. The van der Waals surface area contributed by atoms with Gasteiger partial charge in [0.2, 0.25) is 0 Å². The van der Waals surface area contributed by atoms with Crippen molar-refractivity contribution in [3.05, 3.63) is 156 Å². The summed E-state index contributed by atoms with van der Waals surface area (Å²) in [5, 5.41) is 0. The van der Waals surface area contributed by atoms with Gasteiger partial charge in [-0.05, 0) is 72.9 Å². The van der Waals surface area contributed by atoms with Gasteiger partial charge in [-0.25, -0.2) is 32.1 Å². The van der Waals surface area contributed by atoms with Crippen molar-refractivity contribution in [2.45, 2.75) is 0 Å². The van der Waals surface area contributed by atoms with Gasteiger partial charge >= 0.3 is 0 Å². The molecule has 5 heteroatoms. The summed E-state index contributed by atoms with van der Waals surface area (Å²) in [6, 6.07) is 20.0. The van der Waals surface area contributed by atoms with Crippen molar-refractivity contribution < 1.29 is 17.1 Å². The van der Waals surface area contributed by atoms with E-state index in [0.717, 1.165) is 45.6 Å². The molecular weight excluding hydrogens is 472 g/mol. The number of allylic oxidation sites excluding steroid dienone is 12. The monoisotopic (exact) mass is 494 g/mol. The SMILES string of the molecule is C1=CC2=NC1=CC1=NC(=CC3=NC(=CC4=NC(=C2)C=C4)C=C3)C=C1.[Fe].[cH-]1[cH-][cH-][cH-][cH-]1.c1cc[cH-]c1. The summed E-state index contributed by atoms with van der Waals surface area (Å²) in [4.78, 5) is 18.4. The molecule has 0 atom stereocenters.